The van der Waals surface area contributed by atoms with E-state index in [1.165, 1.54) is 11.3 Å². The Morgan fingerprint density at radius 3 is 2.37 bits per heavy atom. The number of amides is 1. The fourth-order valence-corrected chi connectivity index (χ4v) is 4.91. The predicted molar refractivity (Wildman–Crippen MR) is 122 cm³/mol. The number of nitrogens with one attached hydrogen (secondary N) is 1. The fraction of sp³-hybridized carbons (Fsp3) is 0.217. The summed E-state index contributed by atoms with van der Waals surface area (Å²) in [6, 6.07) is 18.0. The highest BCUT2D eigenvalue weighted by Gasteiger charge is 2.30. The van der Waals surface area contributed by atoms with Crippen molar-refractivity contribution in [2.24, 2.45) is 0 Å². The zero-order valence-electron chi connectivity index (χ0n) is 16.3. The van der Waals surface area contributed by atoms with E-state index < -0.39 is 6.04 Å². The fourth-order valence-electron chi connectivity index (χ4n) is 3.34. The van der Waals surface area contributed by atoms with Crippen molar-refractivity contribution in [1.29, 1.82) is 0 Å². The molecule has 1 aliphatic rings. The first-order chi connectivity index (χ1) is 14.7. The summed E-state index contributed by atoms with van der Waals surface area (Å²) >= 11 is 3.38. The predicted octanol–water partition coefficient (Wildman–Crippen LogP) is 4.70. The molecule has 1 aliphatic heterocycles. The second-order valence-electron chi connectivity index (χ2n) is 6.87. The SMILES string of the molecule is O=C(Nc1ccc(OC(=O)C(c2ccccc2)N2CCSCC2)cc1)c1ccsc1. The number of esters is 1. The number of anilines is 1. The number of carbonyl (C=O) groups is 2. The van der Waals surface area contributed by atoms with E-state index in [0.717, 1.165) is 30.2 Å². The van der Waals surface area contributed by atoms with Crippen LogP contribution in [0.1, 0.15) is 22.0 Å². The Balaban J connectivity index is 1.45. The molecule has 0 bridgehead atoms. The first-order valence-electron chi connectivity index (χ1n) is 9.73. The molecule has 7 heteroatoms. The van der Waals surface area contributed by atoms with E-state index >= 15 is 0 Å². The molecule has 0 aliphatic carbocycles. The molecule has 1 aromatic heterocycles. The van der Waals surface area contributed by atoms with Crippen LogP contribution >= 0.6 is 23.1 Å². The summed E-state index contributed by atoms with van der Waals surface area (Å²) in [7, 11) is 0. The summed E-state index contributed by atoms with van der Waals surface area (Å²) in [5, 5.41) is 6.50. The average Bonchev–Trinajstić information content (AvgIpc) is 3.32. The van der Waals surface area contributed by atoms with Gasteiger partial charge >= 0.3 is 5.97 Å². The molecule has 1 unspecified atom stereocenters. The molecule has 0 radical (unpaired) electrons. The molecule has 4 rings (SSSR count). The summed E-state index contributed by atoms with van der Waals surface area (Å²) < 4.78 is 5.72. The largest absolute Gasteiger partial charge is 0.425 e. The van der Waals surface area contributed by atoms with E-state index in [4.69, 9.17) is 4.74 Å². The van der Waals surface area contributed by atoms with Gasteiger partial charge in [0.05, 0.1) is 5.56 Å². The van der Waals surface area contributed by atoms with Gasteiger partial charge in [0.1, 0.15) is 11.8 Å². The lowest BCUT2D eigenvalue weighted by Crippen LogP contribution is -2.41. The van der Waals surface area contributed by atoms with Crippen LogP contribution in [0.3, 0.4) is 0 Å². The van der Waals surface area contributed by atoms with E-state index in [2.05, 4.69) is 10.2 Å². The molecule has 1 saturated heterocycles. The van der Waals surface area contributed by atoms with Gasteiger partial charge in [-0.3, -0.25) is 9.69 Å². The molecule has 0 saturated carbocycles. The van der Waals surface area contributed by atoms with Crippen LogP contribution in [0.4, 0.5) is 5.69 Å². The van der Waals surface area contributed by atoms with Crippen molar-refractivity contribution in [3.05, 3.63) is 82.6 Å². The van der Waals surface area contributed by atoms with E-state index in [0.29, 0.717) is 17.0 Å². The third-order valence-electron chi connectivity index (χ3n) is 4.86. The highest BCUT2D eigenvalue weighted by molar-refractivity contribution is 7.99. The molecule has 154 valence electrons. The highest BCUT2D eigenvalue weighted by atomic mass is 32.2. The maximum Gasteiger partial charge on any atom is 0.333 e. The third-order valence-corrected chi connectivity index (χ3v) is 6.49. The van der Waals surface area contributed by atoms with Crippen molar-refractivity contribution < 1.29 is 14.3 Å². The number of thioether (sulfide) groups is 1. The lowest BCUT2D eigenvalue weighted by Gasteiger charge is -2.33. The number of benzene rings is 2. The average molecular weight is 439 g/mol. The van der Waals surface area contributed by atoms with Gasteiger partial charge in [0.25, 0.3) is 5.91 Å². The molecule has 2 aromatic carbocycles. The number of thiophene rings is 1. The molecular weight excluding hydrogens is 416 g/mol. The van der Waals surface area contributed by atoms with Crippen molar-refractivity contribution in [1.82, 2.24) is 4.90 Å². The number of ether oxygens (including phenoxy) is 1. The van der Waals surface area contributed by atoms with Crippen molar-refractivity contribution in [2.45, 2.75) is 6.04 Å². The summed E-state index contributed by atoms with van der Waals surface area (Å²) in [5.41, 5.74) is 2.22. The summed E-state index contributed by atoms with van der Waals surface area (Å²) in [4.78, 5) is 27.4. The van der Waals surface area contributed by atoms with Crippen molar-refractivity contribution >= 4 is 40.7 Å². The van der Waals surface area contributed by atoms with Crippen molar-refractivity contribution in [3.63, 3.8) is 0 Å². The van der Waals surface area contributed by atoms with Gasteiger partial charge in [0.15, 0.2) is 0 Å². The minimum atomic E-state index is -0.426. The number of rotatable bonds is 6. The Morgan fingerprint density at radius 1 is 0.967 bits per heavy atom. The first-order valence-corrected chi connectivity index (χ1v) is 11.8. The minimum Gasteiger partial charge on any atom is -0.425 e. The Bertz CT molecular complexity index is 969. The topological polar surface area (TPSA) is 58.6 Å². The second kappa shape index (κ2) is 9.93. The van der Waals surface area contributed by atoms with Crippen LogP contribution in [0, 0.1) is 0 Å². The van der Waals surface area contributed by atoms with Crippen LogP contribution in [0.2, 0.25) is 0 Å². The van der Waals surface area contributed by atoms with Gasteiger partial charge in [-0.2, -0.15) is 23.1 Å². The van der Waals surface area contributed by atoms with Crippen LogP contribution in [0.5, 0.6) is 5.75 Å². The van der Waals surface area contributed by atoms with Crippen molar-refractivity contribution in [2.75, 3.05) is 29.9 Å². The van der Waals surface area contributed by atoms with E-state index in [9.17, 15) is 9.59 Å². The maximum absolute atomic E-state index is 13.1. The zero-order chi connectivity index (χ0) is 20.8. The molecule has 1 amide bonds. The van der Waals surface area contributed by atoms with Gasteiger partial charge in [-0.05, 0) is 41.3 Å². The van der Waals surface area contributed by atoms with Crippen molar-refractivity contribution in [3.8, 4) is 5.75 Å². The Labute approximate surface area is 184 Å². The van der Waals surface area contributed by atoms with Crippen LogP contribution < -0.4 is 10.1 Å². The van der Waals surface area contributed by atoms with Gasteiger partial charge in [-0.25, -0.2) is 4.79 Å². The number of nitrogens with zero attached hydrogens (tertiary/aromatic N) is 1. The van der Waals surface area contributed by atoms with Crippen LogP contribution in [0.15, 0.2) is 71.4 Å². The van der Waals surface area contributed by atoms with Crippen LogP contribution in [0.25, 0.3) is 0 Å². The smallest absolute Gasteiger partial charge is 0.333 e. The van der Waals surface area contributed by atoms with Gasteiger partial charge < -0.3 is 10.1 Å². The van der Waals surface area contributed by atoms with E-state index in [1.54, 1.807) is 35.7 Å². The molecule has 1 N–H and O–H groups in total. The van der Waals surface area contributed by atoms with Crippen LogP contribution in [-0.2, 0) is 4.79 Å². The van der Waals surface area contributed by atoms with Gasteiger partial charge in [0, 0.05) is 35.7 Å². The monoisotopic (exact) mass is 438 g/mol. The molecular formula is C23H22N2O3S2. The third kappa shape index (κ3) is 5.11. The Hall–Kier alpha value is -2.61. The number of hydrogen-bond donors (Lipinski definition) is 1. The van der Waals surface area contributed by atoms with Gasteiger partial charge in [-0.15, -0.1) is 0 Å². The van der Waals surface area contributed by atoms with Crippen LogP contribution in [-0.4, -0.2) is 41.4 Å². The lowest BCUT2D eigenvalue weighted by atomic mass is 10.1. The molecule has 2 heterocycles. The highest BCUT2D eigenvalue weighted by Crippen LogP contribution is 2.27. The molecule has 5 nitrogen and oxygen atoms in total. The standard InChI is InChI=1S/C23H22N2O3S2/c26-22(18-10-13-30-16-18)24-19-6-8-20(9-7-19)28-23(27)21(17-4-2-1-3-5-17)25-11-14-29-15-12-25/h1-10,13,16,21H,11-12,14-15H2,(H,24,26). The van der Waals surface area contributed by atoms with E-state index in [-0.39, 0.29) is 11.9 Å². The Morgan fingerprint density at radius 2 is 1.70 bits per heavy atom. The van der Waals surface area contributed by atoms with E-state index in [1.807, 2.05) is 47.5 Å². The quantitative estimate of drug-likeness (QED) is 0.447. The molecule has 30 heavy (non-hydrogen) atoms. The number of hydrogen-bond acceptors (Lipinski definition) is 6. The molecule has 0 spiro atoms. The maximum atomic E-state index is 13.1. The Kier molecular flexibility index (Phi) is 6.84. The van der Waals surface area contributed by atoms with Gasteiger partial charge in [-0.1, -0.05) is 30.3 Å². The first kappa shape index (κ1) is 20.7. The lowest BCUT2D eigenvalue weighted by molar-refractivity contribution is -0.140. The second-order valence-corrected chi connectivity index (χ2v) is 8.88. The number of carbonyl (C=O) groups excluding carboxylic acids is 2. The molecule has 3 aromatic rings. The zero-order valence-corrected chi connectivity index (χ0v) is 18.0. The molecule has 1 fully saturated rings. The van der Waals surface area contributed by atoms with Gasteiger partial charge in [0.2, 0.25) is 0 Å². The summed E-state index contributed by atoms with van der Waals surface area (Å²) in [6.07, 6.45) is 0. The minimum absolute atomic E-state index is 0.159. The summed E-state index contributed by atoms with van der Waals surface area (Å²) in [5.74, 6) is 2.03. The molecule has 1 atom stereocenters. The normalized spacial score (nSPS) is 15.3. The summed E-state index contributed by atoms with van der Waals surface area (Å²) in [6.45, 7) is 1.71.